The lowest BCUT2D eigenvalue weighted by molar-refractivity contribution is -0.133. The van der Waals surface area contributed by atoms with Gasteiger partial charge >= 0.3 is 6.09 Å². The summed E-state index contributed by atoms with van der Waals surface area (Å²) in [7, 11) is 0.471. The van der Waals surface area contributed by atoms with Crippen molar-refractivity contribution in [2.75, 3.05) is 38.5 Å². The molecule has 5 rings (SSSR count). The molecule has 248 valence electrons. The van der Waals surface area contributed by atoms with Crippen molar-refractivity contribution in [2.24, 2.45) is 0 Å². The van der Waals surface area contributed by atoms with Crippen molar-refractivity contribution in [3.8, 4) is 11.5 Å². The highest BCUT2D eigenvalue weighted by Crippen LogP contribution is 2.41. The lowest BCUT2D eigenvalue weighted by atomic mass is 10.0. The van der Waals surface area contributed by atoms with Crippen LogP contribution in [0.25, 0.3) is 10.8 Å². The number of hydrogen-bond acceptors (Lipinski definition) is 10. The number of likely N-dealkylation sites (tertiary alicyclic amines) is 1. The summed E-state index contributed by atoms with van der Waals surface area (Å²) in [6, 6.07) is 13.2. The van der Waals surface area contributed by atoms with E-state index >= 15 is 0 Å². The van der Waals surface area contributed by atoms with Crippen LogP contribution >= 0.6 is 0 Å². The van der Waals surface area contributed by atoms with Crippen LogP contribution in [0.15, 0.2) is 70.5 Å². The molecule has 1 aliphatic rings. The largest absolute Gasteiger partial charge is 0.493 e. The third-order valence-electron chi connectivity index (χ3n) is 8.23. The molecule has 0 radical (unpaired) electrons. The fraction of sp³-hybridized carbons (Fsp3) is 0.333. The third-order valence-corrected chi connectivity index (χ3v) is 10.5. The second-order valence-corrected chi connectivity index (χ2v) is 13.8. The van der Waals surface area contributed by atoms with E-state index in [-0.39, 0.29) is 16.4 Å². The summed E-state index contributed by atoms with van der Waals surface area (Å²) in [6.45, 7) is 3.55. The first kappa shape index (κ1) is 33.3. The highest BCUT2D eigenvalue weighted by molar-refractivity contribution is 7.92. The van der Waals surface area contributed by atoms with E-state index in [1.54, 1.807) is 61.2 Å². The summed E-state index contributed by atoms with van der Waals surface area (Å²) in [5.41, 5.74) is 1.41. The Hall–Kier alpha value is -5.11. The maximum absolute atomic E-state index is 14.7. The Morgan fingerprint density at radius 1 is 0.979 bits per heavy atom. The summed E-state index contributed by atoms with van der Waals surface area (Å²) in [5, 5.41) is 12.5. The monoisotopic (exact) mass is 663 g/mol. The molecular weight excluding hydrogens is 626 g/mol. The molecule has 3 N–H and O–H groups in total. The van der Waals surface area contributed by atoms with Crippen LogP contribution < -0.4 is 25.7 Å². The van der Waals surface area contributed by atoms with Gasteiger partial charge in [-0.1, -0.05) is 12.1 Å². The van der Waals surface area contributed by atoms with Crippen molar-refractivity contribution < 1.29 is 32.2 Å². The van der Waals surface area contributed by atoms with Gasteiger partial charge in [0.05, 0.1) is 49.1 Å². The first-order valence-electron chi connectivity index (χ1n) is 15.0. The van der Waals surface area contributed by atoms with Crippen LogP contribution in [0.5, 0.6) is 11.5 Å². The molecule has 1 aliphatic heterocycles. The number of aromatic nitrogens is 2. The van der Waals surface area contributed by atoms with Gasteiger partial charge in [-0.05, 0) is 80.3 Å². The van der Waals surface area contributed by atoms with Gasteiger partial charge < -0.3 is 24.4 Å². The molecular formula is C33H37N5O8S. The Bertz CT molecular complexity index is 1980. The molecule has 1 fully saturated rings. The quantitative estimate of drug-likeness (QED) is 0.214. The molecule has 1 saturated heterocycles. The van der Waals surface area contributed by atoms with Crippen molar-refractivity contribution in [2.45, 2.75) is 48.9 Å². The number of benzene rings is 3. The number of amides is 2. The van der Waals surface area contributed by atoms with Gasteiger partial charge in [0, 0.05) is 23.3 Å². The van der Waals surface area contributed by atoms with Crippen LogP contribution in [0.1, 0.15) is 49.9 Å². The zero-order chi connectivity index (χ0) is 33.9. The molecule has 0 spiro atoms. The van der Waals surface area contributed by atoms with E-state index in [1.165, 1.54) is 39.7 Å². The molecule has 0 aliphatic carbocycles. The number of ether oxygens (including phenoxy) is 3. The smallest absolute Gasteiger partial charge is 0.411 e. The van der Waals surface area contributed by atoms with Gasteiger partial charge in [0.2, 0.25) is 5.91 Å². The predicted octanol–water partition coefficient (Wildman–Crippen LogP) is 4.82. The number of sulfone groups is 1. The fourth-order valence-electron chi connectivity index (χ4n) is 5.75. The maximum atomic E-state index is 14.7. The molecule has 47 heavy (non-hydrogen) atoms. The molecule has 0 saturated carbocycles. The number of rotatable bonds is 10. The number of carbonyl (C=O) groups excluding carboxylic acids is 2. The van der Waals surface area contributed by atoms with Gasteiger partial charge in [-0.2, -0.15) is 5.10 Å². The summed E-state index contributed by atoms with van der Waals surface area (Å²) < 4.78 is 42.8. The van der Waals surface area contributed by atoms with Crippen molar-refractivity contribution >= 4 is 44.0 Å². The number of H-pyrrole nitrogens is 1. The summed E-state index contributed by atoms with van der Waals surface area (Å²) in [4.78, 5) is 41.0. The van der Waals surface area contributed by atoms with Crippen LogP contribution in [0.4, 0.5) is 16.2 Å². The lowest BCUT2D eigenvalue weighted by Gasteiger charge is -2.32. The number of anilines is 2. The number of hydrogen-bond donors (Lipinski definition) is 3. The second-order valence-electron chi connectivity index (χ2n) is 11.3. The summed E-state index contributed by atoms with van der Waals surface area (Å²) in [6.07, 6.45) is 1.93. The maximum Gasteiger partial charge on any atom is 0.411 e. The average molecular weight is 664 g/mol. The van der Waals surface area contributed by atoms with E-state index in [9.17, 15) is 22.8 Å². The minimum atomic E-state index is -3.77. The second kappa shape index (κ2) is 13.7. The number of fused-ring (bicyclic) bond motifs is 1. The van der Waals surface area contributed by atoms with E-state index in [0.29, 0.717) is 64.2 Å². The molecule has 14 heteroatoms. The SMILES string of the molecule is COC(=O)Nc1ccc(S(=O)(=O)C(C)C)c(C2CCCN2C(=O)C(Nc2ccc3cn[nH]c(=O)c3c2)c2ccc(OC)c(OC)c2)c1. The standard InChI is InChI=1S/C33H37N5O8S/c1-19(2)47(42,43)29-13-11-23(36-33(41)46-5)17-25(29)26-7-6-14-38(26)32(40)30(20-9-12-27(44-3)28(15-20)45-4)35-22-10-8-21-18-34-37-31(39)24(21)16-22/h8-13,15-19,26,30,35H,6-7,14H2,1-5H3,(H,36,41)(H,37,39). The van der Waals surface area contributed by atoms with Crippen LogP contribution in [0.3, 0.4) is 0 Å². The Kier molecular flexibility index (Phi) is 9.70. The topological polar surface area (TPSA) is 169 Å². The Balaban J connectivity index is 1.61. The fourth-order valence-corrected chi connectivity index (χ4v) is 7.04. The van der Waals surface area contributed by atoms with Gasteiger partial charge in [-0.3, -0.25) is 14.9 Å². The van der Waals surface area contributed by atoms with Crippen LogP contribution in [-0.4, -0.2) is 68.6 Å². The Morgan fingerprint density at radius 3 is 2.43 bits per heavy atom. The zero-order valence-electron chi connectivity index (χ0n) is 26.7. The Morgan fingerprint density at radius 2 is 1.72 bits per heavy atom. The van der Waals surface area contributed by atoms with Crippen LogP contribution in [0.2, 0.25) is 0 Å². The molecule has 4 aromatic rings. The van der Waals surface area contributed by atoms with E-state index in [1.807, 2.05) is 0 Å². The van der Waals surface area contributed by atoms with Gasteiger partial charge in [0.25, 0.3) is 5.56 Å². The van der Waals surface area contributed by atoms with E-state index < -0.39 is 33.3 Å². The predicted molar refractivity (Wildman–Crippen MR) is 177 cm³/mol. The number of carbonyl (C=O) groups is 2. The molecule has 2 amide bonds. The van der Waals surface area contributed by atoms with E-state index in [2.05, 4.69) is 20.8 Å². The minimum absolute atomic E-state index is 0.0885. The lowest BCUT2D eigenvalue weighted by Crippen LogP contribution is -2.38. The molecule has 2 atom stereocenters. The summed E-state index contributed by atoms with van der Waals surface area (Å²) >= 11 is 0. The van der Waals surface area contributed by atoms with Crippen LogP contribution in [-0.2, 0) is 19.4 Å². The molecule has 1 aromatic heterocycles. The van der Waals surface area contributed by atoms with E-state index in [0.717, 1.165) is 0 Å². The van der Waals surface area contributed by atoms with Crippen LogP contribution in [0, 0.1) is 0 Å². The molecule has 13 nitrogen and oxygen atoms in total. The number of methoxy groups -OCH3 is 3. The molecule has 2 unspecified atom stereocenters. The minimum Gasteiger partial charge on any atom is -0.493 e. The van der Waals surface area contributed by atoms with Crippen molar-refractivity contribution in [3.05, 3.63) is 82.3 Å². The van der Waals surface area contributed by atoms with E-state index in [4.69, 9.17) is 14.2 Å². The first-order valence-corrected chi connectivity index (χ1v) is 16.5. The zero-order valence-corrected chi connectivity index (χ0v) is 27.5. The third kappa shape index (κ3) is 6.73. The van der Waals surface area contributed by atoms with Gasteiger partial charge in [0.1, 0.15) is 6.04 Å². The molecule has 0 bridgehead atoms. The molecule has 2 heterocycles. The van der Waals surface area contributed by atoms with Crippen molar-refractivity contribution in [3.63, 3.8) is 0 Å². The first-order chi connectivity index (χ1) is 22.5. The van der Waals surface area contributed by atoms with Crippen molar-refractivity contribution in [1.82, 2.24) is 15.1 Å². The number of aromatic amines is 1. The van der Waals surface area contributed by atoms with Gasteiger partial charge in [0.15, 0.2) is 21.3 Å². The number of nitrogens with zero attached hydrogens (tertiary/aromatic N) is 2. The van der Waals surface area contributed by atoms with Gasteiger partial charge in [-0.25, -0.2) is 18.3 Å². The van der Waals surface area contributed by atoms with Crippen molar-refractivity contribution in [1.29, 1.82) is 0 Å². The molecule has 3 aromatic carbocycles. The normalized spacial score (nSPS) is 15.4. The Labute approximate surface area is 272 Å². The highest BCUT2D eigenvalue weighted by atomic mass is 32.2. The summed E-state index contributed by atoms with van der Waals surface area (Å²) in [5.74, 6) is 0.558. The average Bonchev–Trinajstić information content (AvgIpc) is 3.57. The highest BCUT2D eigenvalue weighted by Gasteiger charge is 2.38. The van der Waals surface area contributed by atoms with Gasteiger partial charge in [-0.15, -0.1) is 0 Å². The number of nitrogens with one attached hydrogen (secondary N) is 3.